The predicted molar refractivity (Wildman–Crippen MR) is 61.1 cm³/mol. The molecule has 5 heteroatoms. The second-order valence-electron chi connectivity index (χ2n) is 3.31. The van der Waals surface area contributed by atoms with E-state index in [1.165, 1.54) is 11.3 Å². The molecule has 2 aromatic rings. The third kappa shape index (κ3) is 2.07. The molecule has 0 saturated heterocycles. The standard InChI is InChI=1S/C10H11N3OS/c1-7-6-15-10(14)13(7)5-9-4-8(11)2-3-12-9/h2-4,6H,5H2,1H3,(H2,11,12). The molecule has 0 aliphatic carbocycles. The summed E-state index contributed by atoms with van der Waals surface area (Å²) in [7, 11) is 0. The molecule has 0 spiro atoms. The molecule has 0 radical (unpaired) electrons. The van der Waals surface area contributed by atoms with Crippen LogP contribution in [0.3, 0.4) is 0 Å². The number of anilines is 1. The van der Waals surface area contributed by atoms with Crippen molar-refractivity contribution in [2.45, 2.75) is 13.5 Å². The summed E-state index contributed by atoms with van der Waals surface area (Å²) in [5, 5.41) is 1.84. The lowest BCUT2D eigenvalue weighted by atomic mass is 10.3. The number of nitrogens with two attached hydrogens (primary N) is 1. The van der Waals surface area contributed by atoms with Gasteiger partial charge in [-0.05, 0) is 19.1 Å². The molecule has 2 heterocycles. The van der Waals surface area contributed by atoms with Crippen LogP contribution >= 0.6 is 11.3 Å². The zero-order valence-corrected chi connectivity index (χ0v) is 9.12. The third-order valence-corrected chi connectivity index (χ3v) is 3.02. The highest BCUT2D eigenvalue weighted by Gasteiger charge is 2.04. The summed E-state index contributed by atoms with van der Waals surface area (Å²) in [6, 6.07) is 3.51. The van der Waals surface area contributed by atoms with Gasteiger partial charge in [-0.2, -0.15) is 0 Å². The van der Waals surface area contributed by atoms with Crippen LogP contribution in [0.5, 0.6) is 0 Å². The van der Waals surface area contributed by atoms with Crippen molar-refractivity contribution in [2.75, 3.05) is 5.73 Å². The molecule has 0 aliphatic heterocycles. The van der Waals surface area contributed by atoms with Crippen LogP contribution in [-0.4, -0.2) is 9.55 Å². The lowest BCUT2D eigenvalue weighted by Gasteiger charge is -2.04. The third-order valence-electron chi connectivity index (χ3n) is 2.14. The quantitative estimate of drug-likeness (QED) is 0.830. The Bertz CT molecular complexity index is 529. The highest BCUT2D eigenvalue weighted by molar-refractivity contribution is 7.07. The number of nitrogens with zero attached hydrogens (tertiary/aromatic N) is 2. The first-order valence-corrected chi connectivity index (χ1v) is 5.40. The van der Waals surface area contributed by atoms with E-state index in [4.69, 9.17) is 5.73 Å². The Labute approximate surface area is 91.0 Å². The van der Waals surface area contributed by atoms with E-state index in [2.05, 4.69) is 4.98 Å². The highest BCUT2D eigenvalue weighted by atomic mass is 32.1. The molecule has 0 atom stereocenters. The minimum Gasteiger partial charge on any atom is -0.399 e. The van der Waals surface area contributed by atoms with E-state index in [9.17, 15) is 4.79 Å². The average Bonchev–Trinajstić information content (AvgIpc) is 2.50. The maximum Gasteiger partial charge on any atom is 0.307 e. The normalized spacial score (nSPS) is 10.5. The molecular weight excluding hydrogens is 210 g/mol. The van der Waals surface area contributed by atoms with E-state index in [1.807, 2.05) is 12.3 Å². The smallest absolute Gasteiger partial charge is 0.307 e. The molecule has 2 aromatic heterocycles. The van der Waals surface area contributed by atoms with Crippen LogP contribution in [0.15, 0.2) is 28.5 Å². The number of hydrogen-bond acceptors (Lipinski definition) is 4. The summed E-state index contributed by atoms with van der Waals surface area (Å²) in [4.78, 5) is 15.7. The number of aromatic nitrogens is 2. The first-order valence-electron chi connectivity index (χ1n) is 4.52. The molecule has 0 aliphatic rings. The second-order valence-corrected chi connectivity index (χ2v) is 4.13. The molecule has 4 nitrogen and oxygen atoms in total. The Morgan fingerprint density at radius 3 is 3.00 bits per heavy atom. The number of thiazole rings is 1. The van der Waals surface area contributed by atoms with Gasteiger partial charge < -0.3 is 5.73 Å². The minimum atomic E-state index is 0.0386. The van der Waals surface area contributed by atoms with Gasteiger partial charge >= 0.3 is 4.87 Å². The number of hydrogen-bond donors (Lipinski definition) is 1. The first kappa shape index (κ1) is 9.92. The van der Waals surface area contributed by atoms with Gasteiger partial charge in [-0.1, -0.05) is 11.3 Å². The van der Waals surface area contributed by atoms with Crippen LogP contribution in [-0.2, 0) is 6.54 Å². The van der Waals surface area contributed by atoms with Crippen molar-refractivity contribution >= 4 is 17.0 Å². The molecule has 0 bridgehead atoms. The highest BCUT2D eigenvalue weighted by Crippen LogP contribution is 2.07. The van der Waals surface area contributed by atoms with Crippen LogP contribution in [0.2, 0.25) is 0 Å². The molecule has 0 unspecified atom stereocenters. The van der Waals surface area contributed by atoms with Gasteiger partial charge in [0.25, 0.3) is 0 Å². The summed E-state index contributed by atoms with van der Waals surface area (Å²) in [6.07, 6.45) is 1.65. The molecule has 0 saturated carbocycles. The maximum absolute atomic E-state index is 11.5. The van der Waals surface area contributed by atoms with Crippen molar-refractivity contribution in [1.29, 1.82) is 0 Å². The molecular formula is C10H11N3OS. The van der Waals surface area contributed by atoms with Gasteiger partial charge in [0.05, 0.1) is 12.2 Å². The largest absolute Gasteiger partial charge is 0.399 e. The van der Waals surface area contributed by atoms with Crippen molar-refractivity contribution in [2.24, 2.45) is 0 Å². The number of pyridine rings is 1. The lowest BCUT2D eigenvalue weighted by Crippen LogP contribution is -2.16. The van der Waals surface area contributed by atoms with Crippen LogP contribution in [0.1, 0.15) is 11.4 Å². The van der Waals surface area contributed by atoms with E-state index in [0.717, 1.165) is 11.4 Å². The van der Waals surface area contributed by atoms with E-state index >= 15 is 0 Å². The summed E-state index contributed by atoms with van der Waals surface area (Å²) in [6.45, 7) is 2.39. The predicted octanol–water partition coefficient (Wildman–Crippen LogP) is 1.24. The summed E-state index contributed by atoms with van der Waals surface area (Å²) >= 11 is 1.20. The van der Waals surface area contributed by atoms with Crippen molar-refractivity contribution in [3.8, 4) is 0 Å². The molecule has 0 amide bonds. The van der Waals surface area contributed by atoms with Gasteiger partial charge in [-0.3, -0.25) is 14.3 Å². The van der Waals surface area contributed by atoms with Crippen LogP contribution in [0.4, 0.5) is 5.69 Å². The Balaban J connectivity index is 2.33. The van der Waals surface area contributed by atoms with E-state index in [-0.39, 0.29) is 4.87 Å². The van der Waals surface area contributed by atoms with Gasteiger partial charge in [0, 0.05) is 23.0 Å². The van der Waals surface area contributed by atoms with E-state index < -0.39 is 0 Å². The number of aryl methyl sites for hydroxylation is 1. The monoisotopic (exact) mass is 221 g/mol. The number of nitrogen functional groups attached to an aromatic ring is 1. The van der Waals surface area contributed by atoms with E-state index in [1.54, 1.807) is 22.9 Å². The fraction of sp³-hybridized carbons (Fsp3) is 0.200. The SMILES string of the molecule is Cc1csc(=O)n1Cc1cc(N)ccn1. The summed E-state index contributed by atoms with van der Waals surface area (Å²) in [5.41, 5.74) is 8.06. The topological polar surface area (TPSA) is 60.9 Å². The minimum absolute atomic E-state index is 0.0386. The van der Waals surface area contributed by atoms with Gasteiger partial charge in [0.2, 0.25) is 0 Å². The van der Waals surface area contributed by atoms with Gasteiger partial charge in [0.15, 0.2) is 0 Å². The Hall–Kier alpha value is -1.62. The molecule has 0 fully saturated rings. The van der Waals surface area contributed by atoms with Crippen LogP contribution < -0.4 is 10.6 Å². The number of rotatable bonds is 2. The molecule has 0 aromatic carbocycles. The fourth-order valence-corrected chi connectivity index (χ4v) is 2.08. The zero-order chi connectivity index (χ0) is 10.8. The average molecular weight is 221 g/mol. The van der Waals surface area contributed by atoms with Crippen LogP contribution in [0.25, 0.3) is 0 Å². The Morgan fingerprint density at radius 1 is 1.60 bits per heavy atom. The summed E-state index contributed by atoms with van der Waals surface area (Å²) in [5.74, 6) is 0. The van der Waals surface area contributed by atoms with E-state index in [0.29, 0.717) is 12.2 Å². The summed E-state index contributed by atoms with van der Waals surface area (Å²) < 4.78 is 1.69. The van der Waals surface area contributed by atoms with Crippen molar-refractivity contribution < 1.29 is 0 Å². The first-order chi connectivity index (χ1) is 7.16. The maximum atomic E-state index is 11.5. The van der Waals surface area contributed by atoms with Crippen molar-refractivity contribution in [1.82, 2.24) is 9.55 Å². The molecule has 2 rings (SSSR count). The van der Waals surface area contributed by atoms with Crippen molar-refractivity contribution in [3.05, 3.63) is 44.8 Å². The van der Waals surface area contributed by atoms with Crippen LogP contribution in [0, 0.1) is 6.92 Å². The Morgan fingerprint density at radius 2 is 2.40 bits per heavy atom. The molecule has 78 valence electrons. The molecule has 15 heavy (non-hydrogen) atoms. The Kier molecular flexibility index (Phi) is 2.55. The van der Waals surface area contributed by atoms with Crippen molar-refractivity contribution in [3.63, 3.8) is 0 Å². The lowest BCUT2D eigenvalue weighted by molar-refractivity contribution is 0.736. The molecule has 2 N–H and O–H groups in total. The van der Waals surface area contributed by atoms with Gasteiger partial charge in [0.1, 0.15) is 0 Å². The zero-order valence-electron chi connectivity index (χ0n) is 8.30. The second kappa shape index (κ2) is 3.86. The van der Waals surface area contributed by atoms with Gasteiger partial charge in [-0.25, -0.2) is 0 Å². The van der Waals surface area contributed by atoms with Gasteiger partial charge in [-0.15, -0.1) is 0 Å². The fourth-order valence-electron chi connectivity index (χ4n) is 1.34.